The van der Waals surface area contributed by atoms with Crippen molar-refractivity contribution in [3.63, 3.8) is 0 Å². The quantitative estimate of drug-likeness (QED) is 0.765. The number of ketones is 1. The normalized spacial score (nSPS) is 34.3. The Labute approximate surface area is 174 Å². The number of nitrogens with zero attached hydrogens (tertiary/aromatic N) is 1. The highest BCUT2D eigenvalue weighted by Crippen LogP contribution is 2.51. The number of likely N-dealkylation sites (tertiary alicyclic amines) is 1. The molecule has 5 atom stereocenters. The number of piperidine rings is 1. The van der Waals surface area contributed by atoms with Gasteiger partial charge >= 0.3 is 0 Å². The number of rotatable bonds is 4. The number of carbonyl (C=O) groups is 2. The van der Waals surface area contributed by atoms with E-state index in [9.17, 15) is 9.59 Å². The van der Waals surface area contributed by atoms with Crippen molar-refractivity contribution in [2.75, 3.05) is 13.7 Å². The van der Waals surface area contributed by atoms with Gasteiger partial charge in [-0.2, -0.15) is 0 Å². The summed E-state index contributed by atoms with van der Waals surface area (Å²) < 4.78 is 5.28. The van der Waals surface area contributed by atoms with Crippen LogP contribution in [0.4, 0.5) is 0 Å². The summed E-state index contributed by atoms with van der Waals surface area (Å²) in [5.41, 5.74) is 1.22. The molecule has 5 rings (SSSR count). The van der Waals surface area contributed by atoms with Crippen molar-refractivity contribution in [3.05, 3.63) is 29.8 Å². The van der Waals surface area contributed by atoms with Gasteiger partial charge in [-0.25, -0.2) is 0 Å². The largest absolute Gasteiger partial charge is 0.497 e. The molecular weight excluding hydrogens is 362 g/mol. The van der Waals surface area contributed by atoms with Crippen LogP contribution >= 0.6 is 0 Å². The number of methoxy groups -OCH3 is 1. The van der Waals surface area contributed by atoms with Gasteiger partial charge in [-0.3, -0.25) is 9.59 Å². The highest BCUT2D eigenvalue weighted by atomic mass is 16.5. The van der Waals surface area contributed by atoms with Gasteiger partial charge in [-0.1, -0.05) is 25.0 Å². The van der Waals surface area contributed by atoms with E-state index in [0.29, 0.717) is 35.5 Å². The summed E-state index contributed by atoms with van der Waals surface area (Å²) in [4.78, 5) is 28.5. The number of amides is 1. The molecule has 0 aromatic heterocycles. The molecule has 0 radical (unpaired) electrons. The Morgan fingerprint density at radius 3 is 2.52 bits per heavy atom. The molecule has 0 spiro atoms. The van der Waals surface area contributed by atoms with E-state index in [1.54, 1.807) is 7.11 Å². The third-order valence-electron chi connectivity index (χ3n) is 8.41. The molecule has 4 fully saturated rings. The summed E-state index contributed by atoms with van der Waals surface area (Å²) >= 11 is 0. The first kappa shape index (κ1) is 19.1. The molecule has 1 amide bonds. The Kier molecular flexibility index (Phi) is 5.13. The number of hydrogen-bond donors (Lipinski definition) is 0. The van der Waals surface area contributed by atoms with E-state index in [2.05, 4.69) is 17.0 Å². The van der Waals surface area contributed by atoms with Crippen LogP contribution in [-0.2, 0) is 16.0 Å². The second kappa shape index (κ2) is 7.77. The fourth-order valence-electron chi connectivity index (χ4n) is 6.72. The molecule has 1 heterocycles. The molecule has 3 aliphatic carbocycles. The molecular formula is C25H33NO3. The monoisotopic (exact) mass is 395 g/mol. The molecule has 3 saturated carbocycles. The van der Waals surface area contributed by atoms with Crippen LogP contribution in [0.5, 0.6) is 5.75 Å². The lowest BCUT2D eigenvalue weighted by atomic mass is 9.55. The van der Waals surface area contributed by atoms with Gasteiger partial charge in [0.05, 0.1) is 7.11 Å². The van der Waals surface area contributed by atoms with E-state index < -0.39 is 0 Å². The highest BCUT2D eigenvalue weighted by molar-refractivity contribution is 5.83. The maximum absolute atomic E-state index is 13.2. The summed E-state index contributed by atoms with van der Waals surface area (Å²) in [6.07, 6.45) is 9.40. The zero-order valence-corrected chi connectivity index (χ0v) is 17.5. The first-order valence-electron chi connectivity index (χ1n) is 11.6. The minimum Gasteiger partial charge on any atom is -0.497 e. The van der Waals surface area contributed by atoms with Crippen molar-refractivity contribution in [3.8, 4) is 5.75 Å². The van der Waals surface area contributed by atoms with Gasteiger partial charge in [0.1, 0.15) is 11.5 Å². The van der Waals surface area contributed by atoms with Gasteiger partial charge in [-0.15, -0.1) is 0 Å². The van der Waals surface area contributed by atoms with Crippen molar-refractivity contribution in [1.29, 1.82) is 0 Å². The molecule has 1 aromatic carbocycles. The first-order valence-corrected chi connectivity index (χ1v) is 11.6. The van der Waals surface area contributed by atoms with E-state index >= 15 is 0 Å². The van der Waals surface area contributed by atoms with Crippen molar-refractivity contribution < 1.29 is 14.3 Å². The van der Waals surface area contributed by atoms with E-state index in [0.717, 1.165) is 63.7 Å². The van der Waals surface area contributed by atoms with Crippen LogP contribution in [-0.4, -0.2) is 36.3 Å². The summed E-state index contributed by atoms with van der Waals surface area (Å²) in [6.45, 7) is 0.879. The Hall–Kier alpha value is -1.84. The number of ether oxygens (including phenoxy) is 1. The molecule has 0 unspecified atom stereocenters. The van der Waals surface area contributed by atoms with Gasteiger partial charge in [-0.05, 0) is 74.0 Å². The van der Waals surface area contributed by atoms with Gasteiger partial charge in [0, 0.05) is 30.8 Å². The van der Waals surface area contributed by atoms with Crippen LogP contribution in [0.25, 0.3) is 0 Å². The zero-order chi connectivity index (χ0) is 20.0. The summed E-state index contributed by atoms with van der Waals surface area (Å²) in [5.74, 6) is 3.62. The van der Waals surface area contributed by atoms with Crippen LogP contribution < -0.4 is 4.74 Å². The Morgan fingerprint density at radius 1 is 1.07 bits per heavy atom. The number of Topliss-reactive ketones (excluding diaryl/α,β-unsaturated/α-hetero) is 1. The van der Waals surface area contributed by atoms with Crippen molar-refractivity contribution in [2.24, 2.45) is 29.6 Å². The van der Waals surface area contributed by atoms with Crippen LogP contribution in [0.15, 0.2) is 24.3 Å². The molecule has 29 heavy (non-hydrogen) atoms. The van der Waals surface area contributed by atoms with Gasteiger partial charge in [0.2, 0.25) is 5.91 Å². The maximum atomic E-state index is 13.2. The second-order valence-corrected chi connectivity index (χ2v) is 9.78. The van der Waals surface area contributed by atoms with Crippen molar-refractivity contribution in [1.82, 2.24) is 4.90 Å². The standard InChI is InChI=1S/C25H33NO3/c1-29-19-10-8-16(9-11-19)14-21-20-6-3-7-22-24(20)18(15-23(21)27)12-13-26(22)25(28)17-4-2-5-17/h8-11,17-18,20-22,24H,2-7,12-15H2,1H3/t18-,20+,21+,22+,24+/m1/s1. The predicted molar refractivity (Wildman–Crippen MR) is 112 cm³/mol. The average Bonchev–Trinajstić information content (AvgIpc) is 2.70. The Bertz CT molecular complexity index is 769. The van der Waals surface area contributed by atoms with Crippen LogP contribution in [0.3, 0.4) is 0 Å². The van der Waals surface area contributed by atoms with E-state index in [1.807, 2.05) is 12.1 Å². The van der Waals surface area contributed by atoms with Gasteiger partial charge in [0.25, 0.3) is 0 Å². The summed E-state index contributed by atoms with van der Waals surface area (Å²) in [7, 11) is 1.68. The van der Waals surface area contributed by atoms with Crippen LogP contribution in [0.1, 0.15) is 56.9 Å². The van der Waals surface area contributed by atoms with E-state index in [1.165, 1.54) is 12.0 Å². The maximum Gasteiger partial charge on any atom is 0.225 e. The first-order chi connectivity index (χ1) is 14.2. The molecule has 4 aliphatic rings. The number of benzene rings is 1. The molecule has 156 valence electrons. The molecule has 4 heteroatoms. The lowest BCUT2D eigenvalue weighted by Crippen LogP contribution is -2.60. The topological polar surface area (TPSA) is 46.6 Å². The second-order valence-electron chi connectivity index (χ2n) is 9.78. The lowest BCUT2D eigenvalue weighted by Gasteiger charge is -2.56. The summed E-state index contributed by atoms with van der Waals surface area (Å²) in [6, 6.07) is 8.58. The number of carbonyl (C=O) groups excluding carboxylic acids is 2. The minimum atomic E-state index is 0.117. The lowest BCUT2D eigenvalue weighted by molar-refractivity contribution is -0.154. The minimum absolute atomic E-state index is 0.117. The fourth-order valence-corrected chi connectivity index (χ4v) is 6.72. The van der Waals surface area contributed by atoms with Crippen LogP contribution in [0, 0.1) is 29.6 Å². The molecule has 0 bridgehead atoms. The molecule has 1 aromatic rings. The number of hydrogen-bond acceptors (Lipinski definition) is 3. The van der Waals surface area contributed by atoms with Crippen molar-refractivity contribution in [2.45, 2.75) is 63.8 Å². The molecule has 4 nitrogen and oxygen atoms in total. The zero-order valence-electron chi connectivity index (χ0n) is 17.5. The summed E-state index contributed by atoms with van der Waals surface area (Å²) in [5, 5.41) is 0. The van der Waals surface area contributed by atoms with Gasteiger partial charge < -0.3 is 9.64 Å². The molecule has 1 saturated heterocycles. The Balaban J connectivity index is 1.37. The Morgan fingerprint density at radius 2 is 1.83 bits per heavy atom. The van der Waals surface area contributed by atoms with Crippen molar-refractivity contribution >= 4 is 11.7 Å². The average molecular weight is 396 g/mol. The smallest absolute Gasteiger partial charge is 0.225 e. The SMILES string of the molecule is COc1ccc(C[C@@H]2C(=O)C[C@H]3CCN(C(=O)C4CCC4)[C@H]4CCC[C@@H]2[C@H]34)cc1. The molecule has 1 aliphatic heterocycles. The van der Waals surface area contributed by atoms with E-state index in [-0.39, 0.29) is 11.8 Å². The third-order valence-corrected chi connectivity index (χ3v) is 8.41. The predicted octanol–water partition coefficient (Wildman–Crippen LogP) is 4.26. The van der Waals surface area contributed by atoms with Gasteiger partial charge in [0.15, 0.2) is 0 Å². The molecule has 0 N–H and O–H groups in total. The third kappa shape index (κ3) is 3.39. The van der Waals surface area contributed by atoms with Crippen LogP contribution in [0.2, 0.25) is 0 Å². The van der Waals surface area contributed by atoms with E-state index in [4.69, 9.17) is 4.74 Å². The fraction of sp³-hybridized carbons (Fsp3) is 0.680. The highest BCUT2D eigenvalue weighted by Gasteiger charge is 2.53.